The van der Waals surface area contributed by atoms with Crippen LogP contribution in [0.15, 0.2) is 18.2 Å². The van der Waals surface area contributed by atoms with Crippen LogP contribution in [-0.4, -0.2) is 16.7 Å². The van der Waals surface area contributed by atoms with Gasteiger partial charge < -0.3 is 10.8 Å². The van der Waals surface area contributed by atoms with Crippen molar-refractivity contribution < 1.29 is 5.11 Å². The summed E-state index contributed by atoms with van der Waals surface area (Å²) in [5.74, 6) is 0. The molecule has 0 radical (unpaired) electrons. The van der Waals surface area contributed by atoms with Gasteiger partial charge in [-0.05, 0) is 49.8 Å². The van der Waals surface area contributed by atoms with Gasteiger partial charge in [-0.15, -0.1) is 0 Å². The lowest BCUT2D eigenvalue weighted by atomic mass is 9.77. The van der Waals surface area contributed by atoms with E-state index in [4.69, 9.17) is 28.9 Å². The van der Waals surface area contributed by atoms with Crippen molar-refractivity contribution in [3.05, 3.63) is 33.8 Å². The Labute approximate surface area is 112 Å². The number of aliphatic hydroxyl groups excluding tert-OH is 1. The van der Waals surface area contributed by atoms with E-state index in [2.05, 4.69) is 0 Å². The first kappa shape index (κ1) is 13.2. The van der Waals surface area contributed by atoms with Crippen molar-refractivity contribution in [2.24, 2.45) is 5.73 Å². The summed E-state index contributed by atoms with van der Waals surface area (Å²) in [5.41, 5.74) is 7.00. The van der Waals surface area contributed by atoms with Crippen molar-refractivity contribution in [2.75, 3.05) is 0 Å². The van der Waals surface area contributed by atoms with E-state index >= 15 is 0 Å². The Hall–Kier alpha value is -0.280. The third-order valence-electron chi connectivity index (χ3n) is 3.54. The summed E-state index contributed by atoms with van der Waals surface area (Å²) in [6.07, 6.45) is 3.63. The van der Waals surface area contributed by atoms with Gasteiger partial charge in [-0.2, -0.15) is 0 Å². The van der Waals surface area contributed by atoms with Crippen LogP contribution >= 0.6 is 23.2 Å². The molecule has 94 valence electrons. The molecule has 0 heterocycles. The molecule has 0 bridgehead atoms. The molecule has 0 aromatic heterocycles. The lowest BCUT2D eigenvalue weighted by Gasteiger charge is -2.36. The second kappa shape index (κ2) is 5.15. The third kappa shape index (κ3) is 3.14. The predicted molar refractivity (Wildman–Crippen MR) is 71.6 cm³/mol. The summed E-state index contributed by atoms with van der Waals surface area (Å²) in [5, 5.41) is 10.9. The molecule has 1 aromatic rings. The second-order valence-electron chi connectivity index (χ2n) is 4.97. The van der Waals surface area contributed by atoms with Gasteiger partial charge in [-0.3, -0.25) is 0 Å². The van der Waals surface area contributed by atoms with Gasteiger partial charge in [0.15, 0.2) is 0 Å². The fraction of sp³-hybridized carbons (Fsp3) is 0.538. The molecule has 0 aliphatic heterocycles. The van der Waals surface area contributed by atoms with Gasteiger partial charge in [0.1, 0.15) is 0 Å². The van der Waals surface area contributed by atoms with Gasteiger partial charge in [0.05, 0.1) is 6.10 Å². The van der Waals surface area contributed by atoms with Crippen molar-refractivity contribution in [1.29, 1.82) is 0 Å². The Kier molecular flexibility index (Phi) is 3.99. The molecule has 0 unspecified atom stereocenters. The average Bonchev–Trinajstić information content (AvgIpc) is 2.29. The molecule has 0 saturated heterocycles. The first-order valence-corrected chi connectivity index (χ1v) is 6.66. The summed E-state index contributed by atoms with van der Waals surface area (Å²) in [6.45, 7) is 0. The maximum atomic E-state index is 9.51. The molecule has 0 atom stereocenters. The van der Waals surface area contributed by atoms with Crippen molar-refractivity contribution >= 4 is 23.2 Å². The SMILES string of the molecule is NC1(Cc2c(Cl)cccc2Cl)CCC(O)CC1. The van der Waals surface area contributed by atoms with Crippen LogP contribution in [0.3, 0.4) is 0 Å². The molecule has 3 N–H and O–H groups in total. The molecule has 1 aromatic carbocycles. The summed E-state index contributed by atoms with van der Waals surface area (Å²) < 4.78 is 0. The molecule has 4 heteroatoms. The first-order valence-electron chi connectivity index (χ1n) is 5.90. The number of hydrogen-bond donors (Lipinski definition) is 2. The topological polar surface area (TPSA) is 46.2 Å². The molecule has 2 nitrogen and oxygen atoms in total. The fourth-order valence-corrected chi connectivity index (χ4v) is 2.94. The van der Waals surface area contributed by atoms with Crippen LogP contribution in [0.1, 0.15) is 31.2 Å². The summed E-state index contributed by atoms with van der Waals surface area (Å²) in [4.78, 5) is 0. The van der Waals surface area contributed by atoms with Crippen LogP contribution in [-0.2, 0) is 6.42 Å². The van der Waals surface area contributed by atoms with Crippen molar-refractivity contribution in [2.45, 2.75) is 43.7 Å². The molecule has 1 saturated carbocycles. The van der Waals surface area contributed by atoms with E-state index in [-0.39, 0.29) is 11.6 Å². The molecule has 1 fully saturated rings. The van der Waals surface area contributed by atoms with E-state index in [1.54, 1.807) is 0 Å². The Bertz CT molecular complexity index is 380. The molecule has 1 aliphatic carbocycles. The third-order valence-corrected chi connectivity index (χ3v) is 4.25. The number of nitrogens with two attached hydrogens (primary N) is 1. The molecule has 0 amide bonds. The predicted octanol–water partition coefficient (Wildman–Crippen LogP) is 3.17. The van der Waals surface area contributed by atoms with Crippen molar-refractivity contribution in [1.82, 2.24) is 0 Å². The molecule has 2 rings (SSSR count). The minimum absolute atomic E-state index is 0.201. The summed E-state index contributed by atoms with van der Waals surface area (Å²) in [7, 11) is 0. The van der Waals surface area contributed by atoms with Gasteiger partial charge in [-0.1, -0.05) is 29.3 Å². The van der Waals surface area contributed by atoms with Crippen LogP contribution in [0.2, 0.25) is 10.0 Å². The zero-order valence-corrected chi connectivity index (χ0v) is 11.1. The normalized spacial score (nSPS) is 29.3. The van der Waals surface area contributed by atoms with E-state index in [0.29, 0.717) is 16.5 Å². The number of rotatable bonds is 2. The van der Waals surface area contributed by atoms with E-state index in [1.165, 1.54) is 0 Å². The van der Waals surface area contributed by atoms with Crippen LogP contribution in [0.25, 0.3) is 0 Å². The van der Waals surface area contributed by atoms with E-state index in [0.717, 1.165) is 31.2 Å². The number of aliphatic hydroxyl groups is 1. The van der Waals surface area contributed by atoms with Crippen molar-refractivity contribution in [3.8, 4) is 0 Å². The maximum Gasteiger partial charge on any atom is 0.0541 e. The summed E-state index contributed by atoms with van der Waals surface area (Å²) in [6, 6.07) is 5.51. The first-order chi connectivity index (χ1) is 8.00. The highest BCUT2D eigenvalue weighted by atomic mass is 35.5. The standard InChI is InChI=1S/C13H17Cl2NO/c14-11-2-1-3-12(15)10(11)8-13(16)6-4-9(17)5-7-13/h1-3,9,17H,4-8,16H2. The maximum absolute atomic E-state index is 9.51. The highest BCUT2D eigenvalue weighted by molar-refractivity contribution is 6.36. The van der Waals surface area contributed by atoms with Gasteiger partial charge in [-0.25, -0.2) is 0 Å². The number of halogens is 2. The Balaban J connectivity index is 2.15. The molecular formula is C13H17Cl2NO. The molecular weight excluding hydrogens is 257 g/mol. The van der Waals surface area contributed by atoms with Crippen LogP contribution < -0.4 is 5.73 Å². The van der Waals surface area contributed by atoms with Crippen LogP contribution in [0, 0.1) is 0 Å². The zero-order chi connectivity index (χ0) is 12.5. The van der Waals surface area contributed by atoms with E-state index in [1.807, 2.05) is 18.2 Å². The highest BCUT2D eigenvalue weighted by Crippen LogP contribution is 2.34. The summed E-state index contributed by atoms with van der Waals surface area (Å²) >= 11 is 12.3. The number of hydrogen-bond acceptors (Lipinski definition) is 2. The smallest absolute Gasteiger partial charge is 0.0541 e. The quantitative estimate of drug-likeness (QED) is 0.870. The lowest BCUT2D eigenvalue weighted by molar-refractivity contribution is 0.0973. The van der Waals surface area contributed by atoms with Crippen LogP contribution in [0.4, 0.5) is 0 Å². The Morgan fingerprint density at radius 3 is 2.29 bits per heavy atom. The minimum atomic E-state index is -0.284. The largest absolute Gasteiger partial charge is 0.393 e. The molecule has 1 aliphatic rings. The highest BCUT2D eigenvalue weighted by Gasteiger charge is 2.32. The Morgan fingerprint density at radius 1 is 1.24 bits per heavy atom. The Morgan fingerprint density at radius 2 is 1.76 bits per heavy atom. The number of benzene rings is 1. The van der Waals surface area contributed by atoms with Gasteiger partial charge in [0.2, 0.25) is 0 Å². The van der Waals surface area contributed by atoms with E-state index in [9.17, 15) is 5.11 Å². The molecule has 0 spiro atoms. The van der Waals surface area contributed by atoms with Gasteiger partial charge >= 0.3 is 0 Å². The lowest BCUT2D eigenvalue weighted by Crippen LogP contribution is -2.46. The van der Waals surface area contributed by atoms with Crippen molar-refractivity contribution in [3.63, 3.8) is 0 Å². The van der Waals surface area contributed by atoms with E-state index < -0.39 is 0 Å². The van der Waals surface area contributed by atoms with Gasteiger partial charge in [0, 0.05) is 15.6 Å². The average molecular weight is 274 g/mol. The zero-order valence-electron chi connectivity index (χ0n) is 9.63. The van der Waals surface area contributed by atoms with Gasteiger partial charge in [0.25, 0.3) is 0 Å². The van der Waals surface area contributed by atoms with Crippen LogP contribution in [0.5, 0.6) is 0 Å². The second-order valence-corrected chi connectivity index (χ2v) is 5.78. The molecule has 17 heavy (non-hydrogen) atoms. The fourth-order valence-electron chi connectivity index (χ4n) is 2.41. The minimum Gasteiger partial charge on any atom is -0.393 e. The monoisotopic (exact) mass is 273 g/mol.